The summed E-state index contributed by atoms with van der Waals surface area (Å²) >= 11 is 0. The summed E-state index contributed by atoms with van der Waals surface area (Å²) in [5, 5.41) is 0. The summed E-state index contributed by atoms with van der Waals surface area (Å²) < 4.78 is 4.70. The summed E-state index contributed by atoms with van der Waals surface area (Å²) in [5.41, 5.74) is 4.25. The lowest BCUT2D eigenvalue weighted by Gasteiger charge is -2.09. The molecule has 56 valence electrons. The van der Waals surface area contributed by atoms with Crippen LogP contribution in [-0.4, -0.2) is 18.0 Å². The zero-order valence-corrected chi connectivity index (χ0v) is 5.50. The van der Waals surface area contributed by atoms with E-state index in [2.05, 4.69) is 0 Å². The van der Waals surface area contributed by atoms with Gasteiger partial charge in [0, 0.05) is 6.42 Å². The molecule has 0 radical (unpaired) electrons. The zero-order valence-electron chi connectivity index (χ0n) is 5.50. The van der Waals surface area contributed by atoms with Gasteiger partial charge in [0.15, 0.2) is 0 Å². The Morgan fingerprint density at radius 3 is 2.60 bits per heavy atom. The fourth-order valence-corrected chi connectivity index (χ4v) is 0.853. The topological polar surface area (TPSA) is 69.4 Å². The fourth-order valence-electron chi connectivity index (χ4n) is 0.853. The van der Waals surface area contributed by atoms with Gasteiger partial charge in [-0.3, -0.25) is 0 Å². The molecule has 4 nitrogen and oxygen atoms in total. The van der Waals surface area contributed by atoms with Crippen molar-refractivity contribution in [3.8, 4) is 0 Å². The molecule has 1 aliphatic rings. The molecule has 1 aliphatic carbocycles. The molecule has 0 aromatic rings. The van der Waals surface area contributed by atoms with Gasteiger partial charge in [-0.05, 0) is 12.8 Å². The van der Waals surface area contributed by atoms with E-state index in [-0.39, 0.29) is 6.42 Å². The molecule has 0 aliphatic heterocycles. The number of rotatable bonds is 3. The van der Waals surface area contributed by atoms with Crippen LogP contribution in [0.1, 0.15) is 19.3 Å². The van der Waals surface area contributed by atoms with Crippen LogP contribution >= 0.6 is 0 Å². The number of ether oxygens (including phenoxy) is 1. The van der Waals surface area contributed by atoms with Crippen LogP contribution in [0.2, 0.25) is 0 Å². The SMILES string of the molecule is NC(=O)OC1(CC=O)CC1. The van der Waals surface area contributed by atoms with Gasteiger partial charge in [-0.15, -0.1) is 0 Å². The normalized spacial score (nSPS) is 19.6. The monoisotopic (exact) mass is 143 g/mol. The van der Waals surface area contributed by atoms with E-state index >= 15 is 0 Å². The number of aldehydes is 1. The molecule has 4 heteroatoms. The maximum Gasteiger partial charge on any atom is 0.405 e. The molecule has 2 N–H and O–H groups in total. The predicted octanol–water partition coefficient (Wildman–Crippen LogP) is 0.203. The summed E-state index contributed by atoms with van der Waals surface area (Å²) in [7, 11) is 0. The van der Waals surface area contributed by atoms with E-state index in [9.17, 15) is 9.59 Å². The molecule has 1 amide bonds. The lowest BCUT2D eigenvalue weighted by atomic mass is 10.2. The molecule has 1 fully saturated rings. The molecule has 1 rings (SSSR count). The first-order valence-electron chi connectivity index (χ1n) is 3.11. The Morgan fingerprint density at radius 1 is 1.70 bits per heavy atom. The van der Waals surface area contributed by atoms with Crippen molar-refractivity contribution in [2.45, 2.75) is 24.9 Å². The Kier molecular flexibility index (Phi) is 1.61. The van der Waals surface area contributed by atoms with Crippen LogP contribution in [0.25, 0.3) is 0 Å². The molecule has 0 spiro atoms. The van der Waals surface area contributed by atoms with Crippen LogP contribution in [-0.2, 0) is 9.53 Å². The van der Waals surface area contributed by atoms with Gasteiger partial charge in [0.25, 0.3) is 0 Å². The Bertz CT molecular complexity index is 162. The Hall–Kier alpha value is -1.06. The fraction of sp³-hybridized carbons (Fsp3) is 0.667. The zero-order chi connectivity index (χ0) is 7.61. The van der Waals surface area contributed by atoms with Crippen LogP contribution in [0.5, 0.6) is 0 Å². The smallest absolute Gasteiger partial charge is 0.405 e. The van der Waals surface area contributed by atoms with Crippen LogP contribution in [0.4, 0.5) is 4.79 Å². The van der Waals surface area contributed by atoms with Gasteiger partial charge in [-0.1, -0.05) is 0 Å². The minimum atomic E-state index is -0.792. The third-order valence-corrected chi connectivity index (χ3v) is 1.58. The summed E-state index contributed by atoms with van der Waals surface area (Å²) in [5.74, 6) is 0. The van der Waals surface area contributed by atoms with Crippen molar-refractivity contribution in [3.05, 3.63) is 0 Å². The van der Waals surface area contributed by atoms with Gasteiger partial charge in [-0.25, -0.2) is 4.79 Å². The molecule has 0 saturated heterocycles. The third kappa shape index (κ3) is 1.46. The van der Waals surface area contributed by atoms with Gasteiger partial charge >= 0.3 is 6.09 Å². The molecule has 10 heavy (non-hydrogen) atoms. The average Bonchev–Trinajstić information content (AvgIpc) is 2.47. The number of primary amides is 1. The van der Waals surface area contributed by atoms with Crippen molar-refractivity contribution in [1.82, 2.24) is 0 Å². The number of carbonyl (C=O) groups is 2. The highest BCUT2D eigenvalue weighted by molar-refractivity contribution is 5.66. The van der Waals surface area contributed by atoms with Crippen LogP contribution in [0.15, 0.2) is 0 Å². The maximum atomic E-state index is 10.2. The van der Waals surface area contributed by atoms with Crippen molar-refractivity contribution >= 4 is 12.4 Å². The van der Waals surface area contributed by atoms with E-state index in [4.69, 9.17) is 10.5 Å². The third-order valence-electron chi connectivity index (χ3n) is 1.58. The lowest BCUT2D eigenvalue weighted by Crippen LogP contribution is -2.24. The molecule has 0 atom stereocenters. The second-order valence-corrected chi connectivity index (χ2v) is 2.47. The molecule has 0 aromatic carbocycles. The van der Waals surface area contributed by atoms with Crippen LogP contribution in [0, 0.1) is 0 Å². The number of hydrogen-bond donors (Lipinski definition) is 1. The molecule has 0 unspecified atom stereocenters. The molecular weight excluding hydrogens is 134 g/mol. The number of carbonyl (C=O) groups excluding carboxylic acids is 2. The van der Waals surface area contributed by atoms with E-state index in [1.165, 1.54) is 0 Å². The standard InChI is InChI=1S/C6H9NO3/c7-5(9)10-6(1-2-6)3-4-8/h4H,1-3H2,(H2,7,9). The minimum Gasteiger partial charge on any atom is -0.443 e. The minimum absolute atomic E-state index is 0.274. The Balaban J connectivity index is 2.37. The summed E-state index contributed by atoms with van der Waals surface area (Å²) in [6.45, 7) is 0. The average molecular weight is 143 g/mol. The lowest BCUT2D eigenvalue weighted by molar-refractivity contribution is -0.109. The van der Waals surface area contributed by atoms with E-state index in [0.717, 1.165) is 19.1 Å². The summed E-state index contributed by atoms with van der Waals surface area (Å²) in [6.07, 6.45) is 1.74. The number of hydrogen-bond acceptors (Lipinski definition) is 3. The highest BCUT2D eigenvalue weighted by atomic mass is 16.6. The van der Waals surface area contributed by atoms with Gasteiger partial charge in [0.1, 0.15) is 11.9 Å². The second kappa shape index (κ2) is 2.28. The second-order valence-electron chi connectivity index (χ2n) is 2.47. The summed E-state index contributed by atoms with van der Waals surface area (Å²) in [4.78, 5) is 20.2. The highest BCUT2D eigenvalue weighted by Gasteiger charge is 2.46. The molecule has 0 bridgehead atoms. The van der Waals surface area contributed by atoms with E-state index in [1.54, 1.807) is 0 Å². The van der Waals surface area contributed by atoms with Crippen molar-refractivity contribution in [2.75, 3.05) is 0 Å². The molecule has 0 aromatic heterocycles. The van der Waals surface area contributed by atoms with Gasteiger partial charge in [-0.2, -0.15) is 0 Å². The quantitative estimate of drug-likeness (QED) is 0.574. The number of amides is 1. The van der Waals surface area contributed by atoms with Gasteiger partial charge in [0.05, 0.1) is 0 Å². The molecule has 1 saturated carbocycles. The molecular formula is C6H9NO3. The Morgan fingerprint density at radius 2 is 2.30 bits per heavy atom. The van der Waals surface area contributed by atoms with Crippen molar-refractivity contribution in [1.29, 1.82) is 0 Å². The van der Waals surface area contributed by atoms with Crippen molar-refractivity contribution in [3.63, 3.8) is 0 Å². The van der Waals surface area contributed by atoms with Crippen molar-refractivity contribution < 1.29 is 14.3 Å². The largest absolute Gasteiger partial charge is 0.443 e. The van der Waals surface area contributed by atoms with Gasteiger partial charge < -0.3 is 15.3 Å². The highest BCUT2D eigenvalue weighted by Crippen LogP contribution is 2.41. The Labute approximate surface area is 58.3 Å². The first kappa shape index (κ1) is 7.05. The predicted molar refractivity (Wildman–Crippen MR) is 33.3 cm³/mol. The number of nitrogens with two attached hydrogens (primary N) is 1. The van der Waals surface area contributed by atoms with Crippen molar-refractivity contribution in [2.24, 2.45) is 5.73 Å². The van der Waals surface area contributed by atoms with Crippen LogP contribution in [0.3, 0.4) is 0 Å². The van der Waals surface area contributed by atoms with Crippen LogP contribution < -0.4 is 5.73 Å². The van der Waals surface area contributed by atoms with E-state index < -0.39 is 11.7 Å². The maximum absolute atomic E-state index is 10.2. The summed E-state index contributed by atoms with van der Waals surface area (Å²) in [6, 6.07) is 0. The van der Waals surface area contributed by atoms with Gasteiger partial charge in [0.2, 0.25) is 0 Å². The van der Waals surface area contributed by atoms with E-state index in [1.807, 2.05) is 0 Å². The van der Waals surface area contributed by atoms with E-state index in [0.29, 0.717) is 0 Å². The first-order chi connectivity index (χ1) is 4.68. The molecule has 0 heterocycles. The first-order valence-corrected chi connectivity index (χ1v) is 3.11.